The minimum absolute atomic E-state index is 0.379. The highest BCUT2D eigenvalue weighted by atomic mass is 16.3. The van der Waals surface area contributed by atoms with Gasteiger partial charge in [0.1, 0.15) is 11.5 Å². The molecule has 1 aliphatic carbocycles. The summed E-state index contributed by atoms with van der Waals surface area (Å²) in [5.74, 6) is 2.82. The standard InChI is InChI=1S/C16H27NO/c1-10-8-16(5,6)9-15(10)17-12(3)14-7-11(2)18-13(14)4/h7,10,12,15,17H,8-9H2,1-6H3. The van der Waals surface area contributed by atoms with Crippen molar-refractivity contribution in [3.63, 3.8) is 0 Å². The van der Waals surface area contributed by atoms with E-state index in [2.05, 4.69) is 46.0 Å². The largest absolute Gasteiger partial charge is 0.466 e. The van der Waals surface area contributed by atoms with Crippen molar-refractivity contribution in [2.45, 2.75) is 66.5 Å². The Kier molecular flexibility index (Phi) is 3.59. The number of aryl methyl sites for hydroxylation is 2. The maximum Gasteiger partial charge on any atom is 0.105 e. The van der Waals surface area contributed by atoms with E-state index in [-0.39, 0.29) is 0 Å². The van der Waals surface area contributed by atoms with Crippen molar-refractivity contribution in [2.75, 3.05) is 0 Å². The molecule has 0 bridgehead atoms. The minimum atomic E-state index is 0.379. The number of furan rings is 1. The summed E-state index contributed by atoms with van der Waals surface area (Å²) in [7, 11) is 0. The van der Waals surface area contributed by atoms with Crippen LogP contribution in [0.4, 0.5) is 0 Å². The molecule has 1 heterocycles. The zero-order chi connectivity index (χ0) is 13.5. The highest BCUT2D eigenvalue weighted by molar-refractivity contribution is 5.23. The van der Waals surface area contributed by atoms with Crippen LogP contribution in [-0.2, 0) is 0 Å². The van der Waals surface area contributed by atoms with Crippen molar-refractivity contribution in [3.8, 4) is 0 Å². The Hall–Kier alpha value is -0.760. The van der Waals surface area contributed by atoms with Gasteiger partial charge in [-0.05, 0) is 51.0 Å². The Balaban J connectivity index is 2.04. The van der Waals surface area contributed by atoms with E-state index in [1.165, 1.54) is 18.4 Å². The first-order valence-electron chi connectivity index (χ1n) is 7.11. The van der Waals surface area contributed by atoms with E-state index in [4.69, 9.17) is 4.42 Å². The fourth-order valence-corrected chi connectivity index (χ4v) is 3.61. The molecule has 0 amide bonds. The van der Waals surface area contributed by atoms with E-state index in [9.17, 15) is 0 Å². The van der Waals surface area contributed by atoms with E-state index in [1.54, 1.807) is 0 Å². The lowest BCUT2D eigenvalue weighted by molar-refractivity contribution is 0.355. The molecular formula is C16H27NO. The van der Waals surface area contributed by atoms with Gasteiger partial charge in [-0.1, -0.05) is 20.8 Å². The van der Waals surface area contributed by atoms with Gasteiger partial charge in [0.25, 0.3) is 0 Å². The summed E-state index contributed by atoms with van der Waals surface area (Å²) in [5, 5.41) is 3.79. The highest BCUT2D eigenvalue weighted by Gasteiger charge is 2.37. The SMILES string of the molecule is Cc1cc(C(C)NC2CC(C)(C)CC2C)c(C)o1. The third-order valence-electron chi connectivity index (χ3n) is 4.34. The Bertz CT molecular complexity index is 419. The molecule has 0 spiro atoms. The maximum absolute atomic E-state index is 5.63. The molecule has 1 saturated carbocycles. The van der Waals surface area contributed by atoms with Gasteiger partial charge in [-0.15, -0.1) is 0 Å². The zero-order valence-corrected chi connectivity index (χ0v) is 12.6. The van der Waals surface area contributed by atoms with Gasteiger partial charge in [0, 0.05) is 17.6 Å². The van der Waals surface area contributed by atoms with Crippen molar-refractivity contribution >= 4 is 0 Å². The maximum atomic E-state index is 5.63. The lowest BCUT2D eigenvalue weighted by Gasteiger charge is -2.23. The average Bonchev–Trinajstić information content (AvgIpc) is 2.66. The molecule has 1 aromatic heterocycles. The van der Waals surface area contributed by atoms with Crippen molar-refractivity contribution in [2.24, 2.45) is 11.3 Å². The highest BCUT2D eigenvalue weighted by Crippen LogP contribution is 2.41. The molecular weight excluding hydrogens is 222 g/mol. The Morgan fingerprint density at radius 2 is 2.00 bits per heavy atom. The van der Waals surface area contributed by atoms with Crippen LogP contribution in [-0.4, -0.2) is 6.04 Å². The topological polar surface area (TPSA) is 25.2 Å². The van der Waals surface area contributed by atoms with Crippen LogP contribution in [0.3, 0.4) is 0 Å². The first-order chi connectivity index (χ1) is 8.28. The van der Waals surface area contributed by atoms with E-state index >= 15 is 0 Å². The van der Waals surface area contributed by atoms with Crippen LogP contribution in [0, 0.1) is 25.2 Å². The monoisotopic (exact) mass is 249 g/mol. The lowest BCUT2D eigenvalue weighted by atomic mass is 9.91. The van der Waals surface area contributed by atoms with Gasteiger partial charge in [0.15, 0.2) is 0 Å². The van der Waals surface area contributed by atoms with Crippen LogP contribution in [0.1, 0.15) is 63.7 Å². The predicted octanol–water partition coefficient (Wildman–Crippen LogP) is 4.37. The Morgan fingerprint density at radius 1 is 1.33 bits per heavy atom. The van der Waals surface area contributed by atoms with Crippen molar-refractivity contribution in [1.29, 1.82) is 0 Å². The molecule has 1 aromatic rings. The molecule has 1 N–H and O–H groups in total. The molecule has 2 nitrogen and oxygen atoms in total. The Labute approximate surface area is 111 Å². The van der Waals surface area contributed by atoms with E-state index < -0.39 is 0 Å². The second-order valence-electron chi connectivity index (χ2n) is 6.91. The average molecular weight is 249 g/mol. The van der Waals surface area contributed by atoms with Crippen molar-refractivity contribution in [1.82, 2.24) is 5.32 Å². The third kappa shape index (κ3) is 2.80. The van der Waals surface area contributed by atoms with Crippen LogP contribution in [0.2, 0.25) is 0 Å². The first kappa shape index (κ1) is 13.7. The van der Waals surface area contributed by atoms with Gasteiger partial charge in [0.2, 0.25) is 0 Å². The van der Waals surface area contributed by atoms with Crippen LogP contribution in [0.25, 0.3) is 0 Å². The normalized spacial score (nSPS) is 28.6. The van der Waals surface area contributed by atoms with Crippen LogP contribution in [0.15, 0.2) is 10.5 Å². The third-order valence-corrected chi connectivity index (χ3v) is 4.34. The summed E-state index contributed by atoms with van der Waals surface area (Å²) < 4.78 is 5.63. The number of rotatable bonds is 3. The van der Waals surface area contributed by atoms with Gasteiger partial charge in [0.05, 0.1) is 0 Å². The number of nitrogens with one attached hydrogen (secondary N) is 1. The molecule has 18 heavy (non-hydrogen) atoms. The molecule has 102 valence electrons. The van der Waals surface area contributed by atoms with Crippen LogP contribution in [0.5, 0.6) is 0 Å². The fraction of sp³-hybridized carbons (Fsp3) is 0.750. The van der Waals surface area contributed by atoms with Crippen molar-refractivity contribution < 1.29 is 4.42 Å². The van der Waals surface area contributed by atoms with Gasteiger partial charge < -0.3 is 9.73 Å². The second kappa shape index (κ2) is 4.73. The number of hydrogen-bond donors (Lipinski definition) is 1. The molecule has 2 heteroatoms. The van der Waals surface area contributed by atoms with E-state index in [0.29, 0.717) is 17.5 Å². The molecule has 3 atom stereocenters. The molecule has 2 rings (SSSR count). The quantitative estimate of drug-likeness (QED) is 0.860. The molecule has 0 aromatic carbocycles. The zero-order valence-electron chi connectivity index (χ0n) is 12.6. The number of hydrogen-bond acceptors (Lipinski definition) is 2. The van der Waals surface area contributed by atoms with Gasteiger partial charge in [-0.3, -0.25) is 0 Å². The second-order valence-corrected chi connectivity index (χ2v) is 6.91. The smallest absolute Gasteiger partial charge is 0.105 e. The molecule has 0 radical (unpaired) electrons. The summed E-state index contributed by atoms with van der Waals surface area (Å²) in [4.78, 5) is 0. The fourth-order valence-electron chi connectivity index (χ4n) is 3.61. The summed E-state index contributed by atoms with van der Waals surface area (Å²) in [6.07, 6.45) is 2.59. The summed E-state index contributed by atoms with van der Waals surface area (Å²) in [6, 6.07) is 3.17. The molecule has 3 unspecified atom stereocenters. The van der Waals surface area contributed by atoms with Crippen molar-refractivity contribution in [3.05, 3.63) is 23.2 Å². The van der Waals surface area contributed by atoms with Crippen LogP contribution >= 0.6 is 0 Å². The van der Waals surface area contributed by atoms with Gasteiger partial charge >= 0.3 is 0 Å². The molecule has 0 saturated heterocycles. The van der Waals surface area contributed by atoms with Gasteiger partial charge in [-0.2, -0.15) is 0 Å². The molecule has 0 aliphatic heterocycles. The van der Waals surface area contributed by atoms with E-state index in [0.717, 1.165) is 17.4 Å². The van der Waals surface area contributed by atoms with E-state index in [1.807, 2.05) is 6.92 Å². The van der Waals surface area contributed by atoms with Gasteiger partial charge in [-0.25, -0.2) is 0 Å². The lowest BCUT2D eigenvalue weighted by Crippen LogP contribution is -2.33. The summed E-state index contributed by atoms with van der Waals surface area (Å²) >= 11 is 0. The molecule has 1 fully saturated rings. The first-order valence-corrected chi connectivity index (χ1v) is 7.11. The molecule has 1 aliphatic rings. The Morgan fingerprint density at radius 3 is 2.44 bits per heavy atom. The summed E-state index contributed by atoms with van der Waals surface area (Å²) in [6.45, 7) is 13.4. The predicted molar refractivity (Wildman–Crippen MR) is 75.7 cm³/mol. The minimum Gasteiger partial charge on any atom is -0.466 e. The summed E-state index contributed by atoms with van der Waals surface area (Å²) in [5.41, 5.74) is 1.79. The van der Waals surface area contributed by atoms with Crippen LogP contribution < -0.4 is 5.32 Å².